The number of nitrogens with one attached hydrogen (secondary N) is 1. The summed E-state index contributed by atoms with van der Waals surface area (Å²) in [6.07, 6.45) is 2.97. The molecule has 2 saturated heterocycles. The van der Waals surface area contributed by atoms with E-state index in [2.05, 4.69) is 26.5 Å². The number of amides is 3. The van der Waals surface area contributed by atoms with Crippen molar-refractivity contribution in [3.8, 4) is 0 Å². The zero-order valence-electron chi connectivity index (χ0n) is 35.8. The van der Waals surface area contributed by atoms with E-state index in [1.54, 1.807) is 16.9 Å². The molecule has 0 radical (unpaired) electrons. The average Bonchev–Trinajstić information content (AvgIpc) is 3.28. The van der Waals surface area contributed by atoms with Gasteiger partial charge in [0, 0.05) is 51.9 Å². The number of benzene rings is 2. The van der Waals surface area contributed by atoms with Crippen LogP contribution in [-0.4, -0.2) is 142 Å². The molecule has 2 aliphatic heterocycles. The van der Waals surface area contributed by atoms with Gasteiger partial charge >= 0.3 is 30.1 Å². The summed E-state index contributed by atoms with van der Waals surface area (Å²) in [5.41, 5.74) is 1.92. The van der Waals surface area contributed by atoms with Gasteiger partial charge in [-0.2, -0.15) is 0 Å². The fourth-order valence-electron chi connectivity index (χ4n) is 6.16. The minimum atomic E-state index is -0.697. The van der Waals surface area contributed by atoms with Gasteiger partial charge in [-0.3, -0.25) is 24.0 Å². The van der Waals surface area contributed by atoms with Gasteiger partial charge in [-0.05, 0) is 68.3 Å². The lowest BCUT2D eigenvalue weighted by Crippen LogP contribution is -2.49. The number of carbonyl (C=O) groups excluding carboxylic acids is 7. The van der Waals surface area contributed by atoms with Crippen LogP contribution in [0.15, 0.2) is 60.7 Å². The van der Waals surface area contributed by atoms with Crippen molar-refractivity contribution >= 4 is 52.8 Å². The third kappa shape index (κ3) is 21.7. The first-order valence-electron chi connectivity index (χ1n) is 20.2. The first-order chi connectivity index (χ1) is 29.3. The smallest absolute Gasteiger partial charge is 0.410 e. The predicted molar refractivity (Wildman–Crippen MR) is 224 cm³/mol. The third-order valence-corrected chi connectivity index (χ3v) is 9.99. The minimum absolute atomic E-state index is 0.0305. The summed E-state index contributed by atoms with van der Waals surface area (Å²) < 4.78 is 29.3. The topological polar surface area (TPSA) is 197 Å². The van der Waals surface area contributed by atoms with Crippen LogP contribution in [0.4, 0.5) is 9.59 Å². The second kappa shape index (κ2) is 29.9. The monoisotopic (exact) mass is 876 g/mol. The predicted octanol–water partition coefficient (Wildman–Crippen LogP) is 4.86. The van der Waals surface area contributed by atoms with Crippen LogP contribution in [0.25, 0.3) is 0 Å². The normalized spacial score (nSPS) is 14.4. The molecule has 17 nitrogen and oxygen atoms in total. The molecular formula is C43H61ClN4O13. The van der Waals surface area contributed by atoms with Gasteiger partial charge in [0.1, 0.15) is 26.1 Å². The lowest BCUT2D eigenvalue weighted by Gasteiger charge is -2.38. The number of carbonyl (C=O) groups is 7. The molecule has 18 heteroatoms. The van der Waals surface area contributed by atoms with E-state index in [4.69, 9.17) is 25.8 Å². The van der Waals surface area contributed by atoms with E-state index in [1.165, 1.54) is 26.2 Å². The molecule has 2 aromatic carbocycles. The molecule has 0 saturated carbocycles. The van der Waals surface area contributed by atoms with Crippen LogP contribution >= 0.6 is 11.6 Å². The Hall–Kier alpha value is -5.26. The quantitative estimate of drug-likeness (QED) is 0.0979. The van der Waals surface area contributed by atoms with E-state index >= 15 is 0 Å². The lowest BCUT2D eigenvalue weighted by molar-refractivity contribution is -0.149. The highest BCUT2D eigenvalue weighted by atomic mass is 35.5. The molecule has 1 N–H and O–H groups in total. The summed E-state index contributed by atoms with van der Waals surface area (Å²) in [6, 6.07) is 19.5. The zero-order chi connectivity index (χ0) is 45.0. The first kappa shape index (κ1) is 51.9. The third-order valence-electron chi connectivity index (χ3n) is 9.85. The van der Waals surface area contributed by atoms with Crippen molar-refractivity contribution in [1.82, 2.24) is 20.0 Å². The first-order valence-corrected chi connectivity index (χ1v) is 20.5. The number of ether oxygens (including phenoxy) is 6. The molecule has 61 heavy (non-hydrogen) atoms. The molecule has 0 spiro atoms. The zero-order valence-corrected chi connectivity index (χ0v) is 36.6. The van der Waals surface area contributed by atoms with Crippen LogP contribution in [0.2, 0.25) is 0 Å². The standard InChI is InChI=1S/C21H28N2O7.C18H28N2O3.C4H5ClO3/c1-28-19(25)10-13-23(18(24)14-20(26)29-2)17-8-11-22(12-9-17)21(27)30-15-16-6-4-3-5-7-16;1-15(22-2)8-11-19-17-9-12-20(13-10-17)18(21)23-14-16-6-4-3-5-7-16;1-8-4(7)2-3(5)6/h3-7,17H,8-15H2,1-2H3;3-7,15,17,19H,8-14H2,1-2H3;2H2,1H3. The summed E-state index contributed by atoms with van der Waals surface area (Å²) in [5, 5.41) is 2.85. The van der Waals surface area contributed by atoms with Crippen LogP contribution in [0, 0.1) is 0 Å². The van der Waals surface area contributed by atoms with E-state index in [0.29, 0.717) is 38.6 Å². The number of halogens is 1. The van der Waals surface area contributed by atoms with E-state index < -0.39 is 41.6 Å². The van der Waals surface area contributed by atoms with Crippen LogP contribution in [0.5, 0.6) is 0 Å². The number of methoxy groups -OCH3 is 4. The van der Waals surface area contributed by atoms with Crippen molar-refractivity contribution in [2.24, 2.45) is 0 Å². The molecule has 0 bridgehead atoms. The number of rotatable bonds is 17. The second-order valence-electron chi connectivity index (χ2n) is 14.1. The van der Waals surface area contributed by atoms with Crippen molar-refractivity contribution in [3.63, 3.8) is 0 Å². The molecule has 1 atom stereocenters. The number of esters is 3. The van der Waals surface area contributed by atoms with Gasteiger partial charge in [-0.1, -0.05) is 60.7 Å². The average molecular weight is 877 g/mol. The van der Waals surface area contributed by atoms with Crippen molar-refractivity contribution in [3.05, 3.63) is 71.8 Å². The lowest BCUT2D eigenvalue weighted by atomic mass is 10.0. The fourth-order valence-corrected chi connectivity index (χ4v) is 6.27. The van der Waals surface area contributed by atoms with Crippen LogP contribution in [0.3, 0.4) is 0 Å². The highest BCUT2D eigenvalue weighted by molar-refractivity contribution is 6.64. The Morgan fingerprint density at radius 3 is 1.57 bits per heavy atom. The molecule has 0 aliphatic carbocycles. The Kier molecular flexibility index (Phi) is 25.4. The Bertz CT molecular complexity index is 1640. The summed E-state index contributed by atoms with van der Waals surface area (Å²) in [6.45, 7) is 6.05. The largest absolute Gasteiger partial charge is 0.469 e. The molecule has 2 aromatic rings. The van der Waals surface area contributed by atoms with Crippen LogP contribution in [0.1, 0.15) is 69.4 Å². The molecule has 3 amide bonds. The molecule has 4 rings (SSSR count). The van der Waals surface area contributed by atoms with E-state index in [1.807, 2.05) is 60.7 Å². The van der Waals surface area contributed by atoms with Crippen molar-refractivity contribution in [1.29, 1.82) is 0 Å². The van der Waals surface area contributed by atoms with E-state index in [9.17, 15) is 33.6 Å². The van der Waals surface area contributed by atoms with Crippen molar-refractivity contribution in [2.75, 3.05) is 67.7 Å². The molecular weight excluding hydrogens is 816 g/mol. The second-order valence-corrected chi connectivity index (χ2v) is 14.5. The van der Waals surface area contributed by atoms with Gasteiger partial charge in [0.2, 0.25) is 11.1 Å². The van der Waals surface area contributed by atoms with Crippen LogP contribution in [-0.2, 0) is 65.6 Å². The fraction of sp³-hybridized carbons (Fsp3) is 0.558. The van der Waals surface area contributed by atoms with Crippen molar-refractivity contribution < 1.29 is 62.0 Å². The molecule has 2 aliphatic rings. The van der Waals surface area contributed by atoms with Gasteiger partial charge in [0.25, 0.3) is 0 Å². The number of nitrogens with zero attached hydrogens (tertiary/aromatic N) is 3. The maximum Gasteiger partial charge on any atom is 0.410 e. The molecule has 1 unspecified atom stereocenters. The van der Waals surface area contributed by atoms with Crippen LogP contribution < -0.4 is 5.32 Å². The summed E-state index contributed by atoms with van der Waals surface area (Å²) in [4.78, 5) is 84.9. The summed E-state index contributed by atoms with van der Waals surface area (Å²) in [5.74, 6) is -2.08. The molecule has 0 aromatic heterocycles. The highest BCUT2D eigenvalue weighted by Crippen LogP contribution is 2.20. The number of likely N-dealkylation sites (tertiary alicyclic amines) is 2. The number of hydrogen-bond acceptors (Lipinski definition) is 14. The van der Waals surface area contributed by atoms with Gasteiger partial charge in [-0.15, -0.1) is 0 Å². The molecule has 338 valence electrons. The summed E-state index contributed by atoms with van der Waals surface area (Å²) >= 11 is 4.81. The van der Waals surface area contributed by atoms with Gasteiger partial charge in [-0.25, -0.2) is 9.59 Å². The summed E-state index contributed by atoms with van der Waals surface area (Å²) in [7, 11) is 5.43. The Labute approximate surface area is 363 Å². The number of piperidine rings is 2. The Morgan fingerprint density at radius 1 is 0.689 bits per heavy atom. The Morgan fingerprint density at radius 2 is 1.15 bits per heavy atom. The van der Waals surface area contributed by atoms with Gasteiger partial charge in [0.05, 0.1) is 33.9 Å². The van der Waals surface area contributed by atoms with E-state index in [-0.39, 0.29) is 44.2 Å². The molecule has 2 fully saturated rings. The SMILES string of the molecule is COC(=O)CC(=O)Cl.COC(=O)CCN(C(=O)CC(=O)OC)C1CCN(C(=O)OCc2ccccc2)CC1.COC(C)CCNC1CCN(C(=O)OCc2ccccc2)CC1. The van der Waals surface area contributed by atoms with Gasteiger partial charge < -0.3 is 48.4 Å². The number of hydrogen-bond donors (Lipinski definition) is 1. The van der Waals surface area contributed by atoms with Crippen molar-refractivity contribution in [2.45, 2.75) is 89.7 Å². The maximum atomic E-state index is 12.6. The minimum Gasteiger partial charge on any atom is -0.469 e. The Balaban J connectivity index is 0.000000364. The van der Waals surface area contributed by atoms with E-state index in [0.717, 1.165) is 50.0 Å². The highest BCUT2D eigenvalue weighted by Gasteiger charge is 2.31. The maximum absolute atomic E-state index is 12.6. The van der Waals surface area contributed by atoms with Gasteiger partial charge in [0.15, 0.2) is 0 Å². The molecule has 2 heterocycles.